The summed E-state index contributed by atoms with van der Waals surface area (Å²) in [5.41, 5.74) is 2.09. The van der Waals surface area contributed by atoms with Crippen molar-refractivity contribution in [2.24, 2.45) is 0 Å². The number of H-pyrrole nitrogens is 1. The van der Waals surface area contributed by atoms with E-state index >= 15 is 0 Å². The molecule has 112 valence electrons. The van der Waals surface area contributed by atoms with E-state index in [0.717, 1.165) is 49.6 Å². The van der Waals surface area contributed by atoms with E-state index in [1.54, 1.807) is 0 Å². The zero-order valence-electron chi connectivity index (χ0n) is 12.2. The maximum atomic E-state index is 11.3. The Morgan fingerprint density at radius 3 is 2.67 bits per heavy atom. The molecule has 0 unspecified atom stereocenters. The molecule has 1 aromatic carbocycles. The summed E-state index contributed by atoms with van der Waals surface area (Å²) < 4.78 is 4.70. The van der Waals surface area contributed by atoms with Crippen molar-refractivity contribution in [2.45, 2.75) is 6.54 Å². The average Bonchev–Trinajstić information content (AvgIpc) is 2.91. The molecule has 21 heavy (non-hydrogen) atoms. The fourth-order valence-electron chi connectivity index (χ4n) is 2.64. The first-order valence-electron chi connectivity index (χ1n) is 7.20. The Morgan fingerprint density at radius 2 is 1.95 bits per heavy atom. The number of nitrogens with zero attached hydrogens (tertiary/aromatic N) is 3. The summed E-state index contributed by atoms with van der Waals surface area (Å²) in [5, 5.41) is 0. The molecule has 1 aliphatic rings. The zero-order chi connectivity index (χ0) is 14.7. The third-order valence-corrected chi connectivity index (χ3v) is 3.86. The van der Waals surface area contributed by atoms with Crippen LogP contribution in [0.2, 0.25) is 0 Å². The van der Waals surface area contributed by atoms with Crippen molar-refractivity contribution in [1.82, 2.24) is 19.8 Å². The van der Waals surface area contributed by atoms with E-state index in [-0.39, 0.29) is 5.97 Å². The van der Waals surface area contributed by atoms with Crippen LogP contribution < -0.4 is 0 Å². The number of carbonyl (C=O) groups is 1. The summed E-state index contributed by atoms with van der Waals surface area (Å²) in [5.74, 6) is 0.832. The number of hydrogen-bond donors (Lipinski definition) is 1. The highest BCUT2D eigenvalue weighted by atomic mass is 16.5. The van der Waals surface area contributed by atoms with Gasteiger partial charge in [0.1, 0.15) is 5.82 Å². The molecule has 1 aliphatic heterocycles. The maximum absolute atomic E-state index is 11.3. The number of aromatic amines is 1. The van der Waals surface area contributed by atoms with E-state index < -0.39 is 0 Å². The molecule has 0 spiro atoms. The lowest BCUT2D eigenvalue weighted by molar-refractivity contribution is -0.142. The Labute approximate surface area is 123 Å². The number of benzene rings is 1. The minimum atomic E-state index is -0.166. The molecule has 1 N–H and O–H groups in total. The van der Waals surface area contributed by atoms with Gasteiger partial charge in [0.15, 0.2) is 0 Å². The standard InChI is InChI=1S/C15H20N4O2/c1-21-15(20)11-19-8-6-18(7-9-19)10-14-16-12-4-2-3-5-13(12)17-14/h2-5H,6-11H2,1H3,(H,16,17). The molecule has 2 aromatic rings. The second-order valence-corrected chi connectivity index (χ2v) is 5.33. The second-order valence-electron chi connectivity index (χ2n) is 5.33. The molecule has 6 heteroatoms. The number of para-hydroxylation sites is 2. The number of imidazole rings is 1. The van der Waals surface area contributed by atoms with Gasteiger partial charge in [-0.2, -0.15) is 0 Å². The number of ether oxygens (including phenoxy) is 1. The summed E-state index contributed by atoms with van der Waals surface area (Å²) in [6.07, 6.45) is 0. The van der Waals surface area contributed by atoms with Crippen LogP contribution in [0.1, 0.15) is 5.82 Å². The van der Waals surface area contributed by atoms with Gasteiger partial charge in [-0.1, -0.05) is 12.1 Å². The fourth-order valence-corrected chi connectivity index (χ4v) is 2.64. The number of carbonyl (C=O) groups excluding carboxylic acids is 1. The van der Waals surface area contributed by atoms with Crippen LogP contribution >= 0.6 is 0 Å². The summed E-state index contributed by atoms with van der Waals surface area (Å²) in [6.45, 7) is 4.85. The van der Waals surface area contributed by atoms with Crippen LogP contribution in [-0.4, -0.2) is 65.6 Å². The predicted molar refractivity (Wildman–Crippen MR) is 79.8 cm³/mol. The molecule has 0 atom stereocenters. The van der Waals surface area contributed by atoms with Crippen molar-refractivity contribution < 1.29 is 9.53 Å². The van der Waals surface area contributed by atoms with Gasteiger partial charge in [-0.15, -0.1) is 0 Å². The van der Waals surface area contributed by atoms with Crippen molar-refractivity contribution in [1.29, 1.82) is 0 Å². The maximum Gasteiger partial charge on any atom is 0.319 e. The van der Waals surface area contributed by atoms with Gasteiger partial charge in [0.2, 0.25) is 0 Å². The van der Waals surface area contributed by atoms with E-state index in [1.165, 1.54) is 7.11 Å². The topological polar surface area (TPSA) is 61.5 Å². The Hall–Kier alpha value is -1.92. The van der Waals surface area contributed by atoms with E-state index in [4.69, 9.17) is 4.74 Å². The second kappa shape index (κ2) is 6.24. The van der Waals surface area contributed by atoms with Crippen molar-refractivity contribution >= 4 is 17.0 Å². The number of hydrogen-bond acceptors (Lipinski definition) is 5. The van der Waals surface area contributed by atoms with Gasteiger partial charge in [-0.3, -0.25) is 14.6 Å². The van der Waals surface area contributed by atoms with E-state index in [2.05, 4.69) is 19.8 Å². The summed E-state index contributed by atoms with van der Waals surface area (Å²) in [6, 6.07) is 8.07. The molecule has 1 saturated heterocycles. The molecule has 3 rings (SSSR count). The number of piperazine rings is 1. The Bertz CT molecular complexity index is 584. The van der Waals surface area contributed by atoms with Crippen molar-refractivity contribution in [3.05, 3.63) is 30.1 Å². The monoisotopic (exact) mass is 288 g/mol. The molecule has 6 nitrogen and oxygen atoms in total. The highest BCUT2D eigenvalue weighted by Gasteiger charge is 2.19. The van der Waals surface area contributed by atoms with Crippen LogP contribution in [0.5, 0.6) is 0 Å². The zero-order valence-corrected chi connectivity index (χ0v) is 12.2. The third kappa shape index (κ3) is 3.40. The molecule has 2 heterocycles. The molecular formula is C15H20N4O2. The molecule has 1 aromatic heterocycles. The third-order valence-electron chi connectivity index (χ3n) is 3.86. The summed E-state index contributed by atoms with van der Waals surface area (Å²) >= 11 is 0. The number of rotatable bonds is 4. The molecular weight excluding hydrogens is 268 g/mol. The largest absolute Gasteiger partial charge is 0.468 e. The molecule has 0 bridgehead atoms. The highest BCUT2D eigenvalue weighted by molar-refractivity contribution is 5.74. The summed E-state index contributed by atoms with van der Waals surface area (Å²) in [4.78, 5) is 23.7. The van der Waals surface area contributed by atoms with Crippen molar-refractivity contribution in [3.63, 3.8) is 0 Å². The Morgan fingerprint density at radius 1 is 1.24 bits per heavy atom. The van der Waals surface area contributed by atoms with Gasteiger partial charge in [-0.05, 0) is 12.1 Å². The van der Waals surface area contributed by atoms with E-state index in [0.29, 0.717) is 6.54 Å². The lowest BCUT2D eigenvalue weighted by Gasteiger charge is -2.33. The molecule has 1 fully saturated rings. The smallest absolute Gasteiger partial charge is 0.319 e. The minimum absolute atomic E-state index is 0.166. The SMILES string of the molecule is COC(=O)CN1CCN(Cc2nc3ccccc3[nH]2)CC1. The highest BCUT2D eigenvalue weighted by Crippen LogP contribution is 2.12. The molecule has 0 aliphatic carbocycles. The van der Waals surface area contributed by atoms with Gasteiger partial charge < -0.3 is 9.72 Å². The average molecular weight is 288 g/mol. The van der Waals surface area contributed by atoms with Crippen LogP contribution in [0.4, 0.5) is 0 Å². The van der Waals surface area contributed by atoms with Crippen molar-refractivity contribution in [2.75, 3.05) is 39.8 Å². The van der Waals surface area contributed by atoms with Gasteiger partial charge in [-0.25, -0.2) is 4.98 Å². The fraction of sp³-hybridized carbons (Fsp3) is 0.467. The lowest BCUT2D eigenvalue weighted by Crippen LogP contribution is -2.47. The van der Waals surface area contributed by atoms with Crippen LogP contribution in [0.3, 0.4) is 0 Å². The predicted octanol–water partition coefficient (Wildman–Crippen LogP) is 0.853. The first-order chi connectivity index (χ1) is 10.2. The molecule has 0 saturated carbocycles. The van der Waals surface area contributed by atoms with Crippen molar-refractivity contribution in [3.8, 4) is 0 Å². The first kappa shape index (κ1) is 14.0. The lowest BCUT2D eigenvalue weighted by atomic mass is 10.3. The Balaban J connectivity index is 1.54. The van der Waals surface area contributed by atoms with E-state index in [1.807, 2.05) is 24.3 Å². The number of nitrogens with one attached hydrogen (secondary N) is 1. The normalized spacial score (nSPS) is 17.2. The number of esters is 1. The van der Waals surface area contributed by atoms with E-state index in [9.17, 15) is 4.79 Å². The van der Waals surface area contributed by atoms with Crippen LogP contribution in [0, 0.1) is 0 Å². The quantitative estimate of drug-likeness (QED) is 0.845. The van der Waals surface area contributed by atoms with Gasteiger partial charge in [0.25, 0.3) is 0 Å². The number of aromatic nitrogens is 2. The van der Waals surface area contributed by atoms with Crippen LogP contribution in [0.15, 0.2) is 24.3 Å². The Kier molecular flexibility index (Phi) is 4.17. The van der Waals surface area contributed by atoms with Gasteiger partial charge in [0, 0.05) is 26.2 Å². The number of fused-ring (bicyclic) bond motifs is 1. The summed E-state index contributed by atoms with van der Waals surface area (Å²) in [7, 11) is 1.43. The first-order valence-corrected chi connectivity index (χ1v) is 7.20. The molecule has 0 radical (unpaired) electrons. The van der Waals surface area contributed by atoms with Gasteiger partial charge in [0.05, 0.1) is 31.2 Å². The number of methoxy groups -OCH3 is 1. The molecule has 0 amide bonds. The van der Waals surface area contributed by atoms with Crippen LogP contribution in [0.25, 0.3) is 11.0 Å². The minimum Gasteiger partial charge on any atom is -0.468 e. The van der Waals surface area contributed by atoms with Crippen LogP contribution in [-0.2, 0) is 16.1 Å². The van der Waals surface area contributed by atoms with Gasteiger partial charge >= 0.3 is 5.97 Å².